The maximum atomic E-state index is 6.03. The molecule has 4 nitrogen and oxygen atoms in total. The quantitative estimate of drug-likeness (QED) is 0.227. The number of benzene rings is 4. The van der Waals surface area contributed by atoms with Gasteiger partial charge in [-0.3, -0.25) is 0 Å². The molecule has 0 aliphatic carbocycles. The molecule has 4 aromatic carbocycles. The highest BCUT2D eigenvalue weighted by Gasteiger charge is 2.15. The van der Waals surface area contributed by atoms with Crippen molar-refractivity contribution in [2.45, 2.75) is 10.6 Å². The Kier molecular flexibility index (Phi) is 5.57. The molecule has 0 saturated carbocycles. The maximum absolute atomic E-state index is 6.03. The average molecular weight is 439 g/mol. The van der Waals surface area contributed by atoms with Crippen LogP contribution >= 0.6 is 11.8 Å². The van der Waals surface area contributed by atoms with Crippen LogP contribution in [0, 0.1) is 0 Å². The smallest absolute Gasteiger partial charge is 0.231 e. The molecule has 0 fully saturated rings. The first kappa shape index (κ1) is 20.2. The van der Waals surface area contributed by atoms with Gasteiger partial charge in [0.1, 0.15) is 11.3 Å². The van der Waals surface area contributed by atoms with Crippen molar-refractivity contribution in [3.8, 4) is 28.3 Å². The van der Waals surface area contributed by atoms with Gasteiger partial charge in [0, 0.05) is 16.3 Å². The molecule has 0 saturated heterocycles. The Morgan fingerprint density at radius 3 is 2.53 bits per heavy atom. The lowest BCUT2D eigenvalue weighted by atomic mass is 10.1. The van der Waals surface area contributed by atoms with E-state index in [2.05, 4.69) is 60.7 Å². The Labute approximate surface area is 191 Å². The minimum absolute atomic E-state index is 0.494. The molecule has 32 heavy (non-hydrogen) atoms. The highest BCUT2D eigenvalue weighted by Crippen LogP contribution is 2.37. The fourth-order valence-electron chi connectivity index (χ4n) is 3.67. The lowest BCUT2D eigenvalue weighted by Gasteiger charge is -2.09. The van der Waals surface area contributed by atoms with Crippen molar-refractivity contribution in [3.63, 3.8) is 0 Å². The average Bonchev–Trinajstić information content (AvgIpc) is 3.27. The summed E-state index contributed by atoms with van der Waals surface area (Å²) >= 11 is 1.83. The number of oxazole rings is 1. The van der Waals surface area contributed by atoms with E-state index in [4.69, 9.17) is 19.9 Å². The largest absolute Gasteiger partial charge is 0.496 e. The maximum Gasteiger partial charge on any atom is 0.231 e. The topological polar surface area (TPSA) is 61.3 Å². The number of fused-ring (bicyclic) bond motifs is 1. The van der Waals surface area contributed by atoms with Gasteiger partial charge in [0.05, 0.1) is 12.7 Å². The first-order valence-electron chi connectivity index (χ1n) is 10.3. The molecule has 0 atom stereocenters. The van der Waals surface area contributed by atoms with E-state index in [0.717, 1.165) is 28.0 Å². The van der Waals surface area contributed by atoms with Crippen LogP contribution in [0.5, 0.6) is 5.75 Å². The summed E-state index contributed by atoms with van der Waals surface area (Å²) < 4.78 is 11.5. The van der Waals surface area contributed by atoms with E-state index in [1.807, 2.05) is 36.0 Å². The number of hydrogen-bond acceptors (Lipinski definition) is 5. The fraction of sp³-hybridized carbons (Fsp3) is 0.0741. The first-order valence-corrected chi connectivity index (χ1v) is 11.3. The van der Waals surface area contributed by atoms with E-state index in [0.29, 0.717) is 17.3 Å². The lowest BCUT2D eigenvalue weighted by molar-refractivity contribution is 0.415. The van der Waals surface area contributed by atoms with Crippen molar-refractivity contribution < 1.29 is 9.15 Å². The van der Waals surface area contributed by atoms with Gasteiger partial charge in [-0.15, -0.1) is 11.8 Å². The Hall–Kier alpha value is -3.70. The number of nitrogen functional groups attached to an aromatic ring is 1. The molecular weight excluding hydrogens is 416 g/mol. The van der Waals surface area contributed by atoms with Crippen molar-refractivity contribution in [2.24, 2.45) is 0 Å². The van der Waals surface area contributed by atoms with Gasteiger partial charge < -0.3 is 14.9 Å². The van der Waals surface area contributed by atoms with Crippen LogP contribution in [0.15, 0.2) is 100 Å². The first-order chi connectivity index (χ1) is 15.7. The minimum Gasteiger partial charge on any atom is -0.496 e. The second-order valence-corrected chi connectivity index (χ2v) is 8.45. The van der Waals surface area contributed by atoms with Gasteiger partial charge in [0.25, 0.3) is 0 Å². The molecule has 0 radical (unpaired) electrons. The summed E-state index contributed by atoms with van der Waals surface area (Å²) in [5.74, 6) is 2.09. The molecule has 1 aromatic heterocycles. The van der Waals surface area contributed by atoms with E-state index in [-0.39, 0.29) is 0 Å². The van der Waals surface area contributed by atoms with Crippen LogP contribution in [0.2, 0.25) is 0 Å². The molecule has 1 heterocycles. The van der Waals surface area contributed by atoms with Crippen molar-refractivity contribution in [2.75, 3.05) is 12.8 Å². The molecule has 5 heteroatoms. The van der Waals surface area contributed by atoms with Gasteiger partial charge >= 0.3 is 0 Å². The normalized spacial score (nSPS) is 11.0. The number of hydrogen-bond donors (Lipinski definition) is 1. The van der Waals surface area contributed by atoms with E-state index in [1.54, 1.807) is 13.2 Å². The van der Waals surface area contributed by atoms with E-state index in [1.165, 1.54) is 16.0 Å². The zero-order valence-electron chi connectivity index (χ0n) is 17.6. The summed E-state index contributed by atoms with van der Waals surface area (Å²) in [6.45, 7) is 0. The molecule has 0 aliphatic heterocycles. The third kappa shape index (κ3) is 4.07. The molecule has 5 rings (SSSR count). The van der Waals surface area contributed by atoms with Gasteiger partial charge in [-0.25, -0.2) is 4.98 Å². The Morgan fingerprint density at radius 1 is 0.875 bits per heavy atom. The Bertz CT molecular complexity index is 1380. The van der Waals surface area contributed by atoms with Crippen LogP contribution in [0.25, 0.3) is 33.7 Å². The second kappa shape index (κ2) is 8.81. The van der Waals surface area contributed by atoms with E-state index in [9.17, 15) is 0 Å². The minimum atomic E-state index is 0.494. The number of anilines is 1. The summed E-state index contributed by atoms with van der Waals surface area (Å²) in [5.41, 5.74) is 12.5. The number of nitrogens with two attached hydrogens (primary N) is 1. The molecule has 2 N–H and O–H groups in total. The van der Waals surface area contributed by atoms with Gasteiger partial charge in [0.15, 0.2) is 5.58 Å². The van der Waals surface area contributed by atoms with Crippen molar-refractivity contribution in [1.29, 1.82) is 0 Å². The summed E-state index contributed by atoms with van der Waals surface area (Å²) in [6, 6.07) is 30.5. The number of thioether (sulfide) groups is 1. The predicted molar refractivity (Wildman–Crippen MR) is 132 cm³/mol. The highest BCUT2D eigenvalue weighted by atomic mass is 32.2. The van der Waals surface area contributed by atoms with Crippen LogP contribution < -0.4 is 10.5 Å². The van der Waals surface area contributed by atoms with Crippen LogP contribution in [-0.4, -0.2) is 12.1 Å². The Balaban J connectivity index is 1.49. The second-order valence-electron chi connectivity index (χ2n) is 7.43. The van der Waals surface area contributed by atoms with Crippen molar-refractivity contribution in [1.82, 2.24) is 4.98 Å². The number of aromatic nitrogens is 1. The zero-order chi connectivity index (χ0) is 21.9. The van der Waals surface area contributed by atoms with Crippen molar-refractivity contribution in [3.05, 3.63) is 96.6 Å². The summed E-state index contributed by atoms with van der Waals surface area (Å²) in [4.78, 5) is 5.97. The summed E-state index contributed by atoms with van der Waals surface area (Å²) in [6.07, 6.45) is 0. The highest BCUT2D eigenvalue weighted by molar-refractivity contribution is 7.98. The van der Waals surface area contributed by atoms with Gasteiger partial charge in [-0.05, 0) is 53.1 Å². The SMILES string of the molecule is COc1ccc(N)cc1-c1nc2cc(-c3ccccc3SCc3ccccc3)ccc2o1. The number of nitrogens with zero attached hydrogens (tertiary/aromatic N) is 1. The van der Waals surface area contributed by atoms with Gasteiger partial charge in [-0.1, -0.05) is 54.6 Å². The standard InChI is InChI=1S/C27H22N2O2S/c1-30-24-14-12-20(28)16-22(24)27-29-23-15-19(11-13-25(23)31-27)21-9-5-6-10-26(21)32-17-18-7-3-2-4-8-18/h2-16H,17,28H2,1H3. The van der Waals surface area contributed by atoms with Crippen molar-refractivity contribution >= 4 is 28.5 Å². The fourth-order valence-corrected chi connectivity index (χ4v) is 4.70. The molecule has 0 bridgehead atoms. The van der Waals surface area contributed by atoms with Crippen LogP contribution in [0.1, 0.15) is 5.56 Å². The third-order valence-electron chi connectivity index (χ3n) is 5.28. The summed E-state index contributed by atoms with van der Waals surface area (Å²) in [5, 5.41) is 0. The number of methoxy groups -OCH3 is 1. The van der Waals surface area contributed by atoms with Crippen LogP contribution in [0.3, 0.4) is 0 Å². The Morgan fingerprint density at radius 2 is 1.69 bits per heavy atom. The predicted octanol–water partition coefficient (Wildman–Crippen LogP) is 7.04. The zero-order valence-corrected chi connectivity index (χ0v) is 18.4. The molecule has 0 spiro atoms. The lowest BCUT2D eigenvalue weighted by Crippen LogP contribution is -1.91. The number of rotatable bonds is 6. The molecule has 0 aliphatic rings. The van der Waals surface area contributed by atoms with Crippen LogP contribution in [0.4, 0.5) is 5.69 Å². The van der Waals surface area contributed by atoms with Gasteiger partial charge in [0.2, 0.25) is 5.89 Å². The number of ether oxygens (including phenoxy) is 1. The third-order valence-corrected chi connectivity index (χ3v) is 6.42. The molecule has 0 unspecified atom stereocenters. The van der Waals surface area contributed by atoms with Crippen LogP contribution in [-0.2, 0) is 5.75 Å². The molecule has 0 amide bonds. The molecule has 5 aromatic rings. The van der Waals surface area contributed by atoms with E-state index >= 15 is 0 Å². The summed E-state index contributed by atoms with van der Waals surface area (Å²) in [7, 11) is 1.62. The molecular formula is C27H22N2O2S. The van der Waals surface area contributed by atoms with Gasteiger partial charge in [-0.2, -0.15) is 0 Å². The van der Waals surface area contributed by atoms with E-state index < -0.39 is 0 Å². The molecule has 158 valence electrons. The monoisotopic (exact) mass is 438 g/mol.